The molecule has 0 spiro atoms. The second-order valence-corrected chi connectivity index (χ2v) is 7.02. The van der Waals surface area contributed by atoms with Crippen LogP contribution in [0.2, 0.25) is 0 Å². The number of benzene rings is 2. The summed E-state index contributed by atoms with van der Waals surface area (Å²) in [5, 5.41) is 9.94. The van der Waals surface area contributed by atoms with Crippen LogP contribution in [0.25, 0.3) is 11.1 Å². The number of amides is 1. The van der Waals surface area contributed by atoms with Crippen molar-refractivity contribution < 1.29 is 9.90 Å². The van der Waals surface area contributed by atoms with Crippen LogP contribution in [0.1, 0.15) is 46.2 Å². The van der Waals surface area contributed by atoms with Gasteiger partial charge in [0.1, 0.15) is 5.75 Å². The van der Waals surface area contributed by atoms with E-state index in [1.807, 2.05) is 19.1 Å². The highest BCUT2D eigenvalue weighted by atomic mass is 16.3. The van der Waals surface area contributed by atoms with Gasteiger partial charge in [0.2, 0.25) is 0 Å². The SMILES string of the molecule is CCCc1c(-c2cccc(O)c2)c(C(N)=O)c(C)n1Cc1cccc(C)c1. The summed E-state index contributed by atoms with van der Waals surface area (Å²) in [5.74, 6) is -0.263. The molecule has 1 aromatic heterocycles. The molecule has 0 saturated heterocycles. The van der Waals surface area contributed by atoms with Crippen LogP contribution in [-0.4, -0.2) is 15.6 Å². The molecule has 4 nitrogen and oxygen atoms in total. The fraction of sp³-hybridized carbons (Fsp3) is 0.261. The number of carbonyl (C=O) groups is 1. The molecule has 4 heteroatoms. The summed E-state index contributed by atoms with van der Waals surface area (Å²) in [4.78, 5) is 12.3. The fourth-order valence-corrected chi connectivity index (χ4v) is 3.78. The van der Waals surface area contributed by atoms with E-state index < -0.39 is 5.91 Å². The quantitative estimate of drug-likeness (QED) is 0.674. The first-order valence-electron chi connectivity index (χ1n) is 9.29. The smallest absolute Gasteiger partial charge is 0.251 e. The van der Waals surface area contributed by atoms with Crippen molar-refractivity contribution >= 4 is 5.91 Å². The van der Waals surface area contributed by atoms with Crippen molar-refractivity contribution in [2.24, 2.45) is 5.73 Å². The number of carbonyl (C=O) groups excluding carboxylic acids is 1. The summed E-state index contributed by atoms with van der Waals surface area (Å²) < 4.78 is 2.19. The van der Waals surface area contributed by atoms with Gasteiger partial charge in [0, 0.05) is 23.5 Å². The topological polar surface area (TPSA) is 68.2 Å². The van der Waals surface area contributed by atoms with Gasteiger partial charge < -0.3 is 15.4 Å². The molecule has 1 heterocycles. The lowest BCUT2D eigenvalue weighted by Crippen LogP contribution is -2.13. The molecule has 0 aliphatic rings. The summed E-state index contributed by atoms with van der Waals surface area (Å²) in [7, 11) is 0. The lowest BCUT2D eigenvalue weighted by atomic mass is 9.98. The maximum absolute atomic E-state index is 12.3. The van der Waals surface area contributed by atoms with Gasteiger partial charge in [-0.3, -0.25) is 4.79 Å². The molecule has 27 heavy (non-hydrogen) atoms. The summed E-state index contributed by atoms with van der Waals surface area (Å²) in [6.45, 7) is 6.82. The van der Waals surface area contributed by atoms with E-state index in [0.717, 1.165) is 35.4 Å². The monoisotopic (exact) mass is 362 g/mol. The molecule has 0 aliphatic carbocycles. The van der Waals surface area contributed by atoms with Crippen molar-refractivity contribution in [3.63, 3.8) is 0 Å². The van der Waals surface area contributed by atoms with E-state index in [1.165, 1.54) is 11.1 Å². The second-order valence-electron chi connectivity index (χ2n) is 7.02. The normalized spacial score (nSPS) is 10.9. The Hall–Kier alpha value is -3.01. The molecule has 0 aliphatic heterocycles. The highest BCUT2D eigenvalue weighted by Gasteiger charge is 2.24. The van der Waals surface area contributed by atoms with E-state index in [0.29, 0.717) is 12.1 Å². The molecule has 2 aromatic carbocycles. The van der Waals surface area contributed by atoms with Crippen molar-refractivity contribution in [1.29, 1.82) is 0 Å². The number of hydrogen-bond acceptors (Lipinski definition) is 2. The van der Waals surface area contributed by atoms with Crippen molar-refractivity contribution in [3.05, 3.63) is 76.6 Å². The molecule has 3 N–H and O–H groups in total. The number of hydrogen-bond donors (Lipinski definition) is 2. The standard InChI is InChI=1S/C23H26N2O2/c1-4-7-20-22(18-10-6-11-19(26)13-18)21(23(24)27)16(3)25(20)14-17-9-5-8-15(2)12-17/h5-6,8-13,26H,4,7,14H2,1-3H3,(H2,24,27). The molecular weight excluding hydrogens is 336 g/mol. The Morgan fingerprint density at radius 3 is 2.48 bits per heavy atom. The Morgan fingerprint density at radius 1 is 1.11 bits per heavy atom. The molecule has 0 radical (unpaired) electrons. The molecular formula is C23H26N2O2. The molecule has 3 rings (SSSR count). The van der Waals surface area contributed by atoms with Gasteiger partial charge in [0.25, 0.3) is 5.91 Å². The van der Waals surface area contributed by atoms with Gasteiger partial charge in [0.15, 0.2) is 0 Å². The lowest BCUT2D eigenvalue weighted by molar-refractivity contribution is 0.1000. The highest BCUT2D eigenvalue weighted by Crippen LogP contribution is 2.35. The molecule has 0 saturated carbocycles. The van der Waals surface area contributed by atoms with E-state index in [9.17, 15) is 9.90 Å². The zero-order valence-electron chi connectivity index (χ0n) is 16.1. The molecule has 1 amide bonds. The molecule has 0 unspecified atom stereocenters. The average molecular weight is 362 g/mol. The molecule has 3 aromatic rings. The van der Waals surface area contributed by atoms with E-state index in [-0.39, 0.29) is 5.75 Å². The first-order chi connectivity index (χ1) is 12.9. The van der Waals surface area contributed by atoms with Gasteiger partial charge in [-0.05, 0) is 43.5 Å². The third kappa shape index (κ3) is 3.75. The van der Waals surface area contributed by atoms with E-state index in [4.69, 9.17) is 5.73 Å². The Labute approximate surface area is 160 Å². The van der Waals surface area contributed by atoms with Gasteiger partial charge in [0.05, 0.1) is 5.56 Å². The summed E-state index contributed by atoms with van der Waals surface area (Å²) >= 11 is 0. The maximum Gasteiger partial charge on any atom is 0.251 e. The highest BCUT2D eigenvalue weighted by molar-refractivity contribution is 6.02. The van der Waals surface area contributed by atoms with Crippen LogP contribution in [0.15, 0.2) is 48.5 Å². The van der Waals surface area contributed by atoms with Crippen molar-refractivity contribution in [1.82, 2.24) is 4.57 Å². The maximum atomic E-state index is 12.3. The minimum absolute atomic E-state index is 0.175. The second kappa shape index (κ2) is 7.70. The van der Waals surface area contributed by atoms with Gasteiger partial charge in [-0.25, -0.2) is 0 Å². The zero-order valence-corrected chi connectivity index (χ0v) is 16.1. The van der Waals surface area contributed by atoms with Gasteiger partial charge in [-0.15, -0.1) is 0 Å². The van der Waals surface area contributed by atoms with Gasteiger partial charge >= 0.3 is 0 Å². The minimum Gasteiger partial charge on any atom is -0.508 e. The summed E-state index contributed by atoms with van der Waals surface area (Å²) in [5.41, 5.74) is 12.3. The predicted octanol–water partition coefficient (Wildman–Crippen LogP) is 4.58. The lowest BCUT2D eigenvalue weighted by Gasteiger charge is -2.13. The number of nitrogens with two attached hydrogens (primary N) is 1. The fourth-order valence-electron chi connectivity index (χ4n) is 3.78. The number of aryl methyl sites for hydroxylation is 1. The van der Waals surface area contributed by atoms with Gasteiger partial charge in [-0.1, -0.05) is 55.3 Å². The predicted molar refractivity (Wildman–Crippen MR) is 109 cm³/mol. The molecule has 140 valence electrons. The van der Waals surface area contributed by atoms with Crippen molar-refractivity contribution in [3.8, 4) is 16.9 Å². The third-order valence-corrected chi connectivity index (χ3v) is 4.92. The molecule has 0 fully saturated rings. The largest absolute Gasteiger partial charge is 0.508 e. The van der Waals surface area contributed by atoms with Gasteiger partial charge in [-0.2, -0.15) is 0 Å². The Morgan fingerprint density at radius 2 is 1.85 bits per heavy atom. The number of phenols is 1. The number of primary amides is 1. The number of phenolic OH excluding ortho intramolecular Hbond substituents is 1. The Bertz CT molecular complexity index is 986. The average Bonchev–Trinajstić information content (AvgIpc) is 2.88. The molecule has 0 bridgehead atoms. The first-order valence-corrected chi connectivity index (χ1v) is 9.29. The first kappa shape index (κ1) is 18.8. The molecule has 0 atom stereocenters. The minimum atomic E-state index is -0.439. The van der Waals surface area contributed by atoms with Crippen molar-refractivity contribution in [2.45, 2.75) is 40.2 Å². The number of aromatic hydroxyl groups is 1. The number of rotatable bonds is 6. The number of nitrogens with zero attached hydrogens (tertiary/aromatic N) is 1. The van der Waals surface area contributed by atoms with E-state index >= 15 is 0 Å². The summed E-state index contributed by atoms with van der Waals surface area (Å²) in [6, 6.07) is 15.4. The Kier molecular flexibility index (Phi) is 5.36. The van der Waals surface area contributed by atoms with E-state index in [2.05, 4.69) is 36.6 Å². The van der Waals surface area contributed by atoms with Crippen LogP contribution in [0, 0.1) is 13.8 Å². The van der Waals surface area contributed by atoms with Crippen LogP contribution in [0.4, 0.5) is 0 Å². The van der Waals surface area contributed by atoms with Crippen molar-refractivity contribution in [2.75, 3.05) is 0 Å². The summed E-state index contributed by atoms with van der Waals surface area (Å²) in [6.07, 6.45) is 1.77. The third-order valence-electron chi connectivity index (χ3n) is 4.92. The van der Waals surface area contributed by atoms with Crippen LogP contribution in [-0.2, 0) is 13.0 Å². The van der Waals surface area contributed by atoms with Crippen LogP contribution in [0.5, 0.6) is 5.75 Å². The van der Waals surface area contributed by atoms with Crippen LogP contribution in [0.3, 0.4) is 0 Å². The van der Waals surface area contributed by atoms with Crippen LogP contribution < -0.4 is 5.73 Å². The Balaban J connectivity index is 2.24. The zero-order chi connectivity index (χ0) is 19.6. The van der Waals surface area contributed by atoms with Crippen LogP contribution >= 0.6 is 0 Å². The number of aromatic nitrogens is 1. The van der Waals surface area contributed by atoms with E-state index in [1.54, 1.807) is 18.2 Å².